The largest absolute Gasteiger partial charge is 0.481 e. The third kappa shape index (κ3) is 1.67. The molecule has 15 heavy (non-hydrogen) atoms. The van der Waals surface area contributed by atoms with Gasteiger partial charge in [0, 0.05) is 0 Å². The van der Waals surface area contributed by atoms with Gasteiger partial charge in [0.1, 0.15) is 5.92 Å². The third-order valence-electron chi connectivity index (χ3n) is 2.85. The number of hydrogen-bond acceptors (Lipinski definition) is 1. The molecule has 1 aliphatic rings. The van der Waals surface area contributed by atoms with E-state index in [4.69, 9.17) is 5.11 Å². The molecule has 1 aliphatic carbocycles. The van der Waals surface area contributed by atoms with E-state index in [-0.39, 0.29) is 0 Å². The van der Waals surface area contributed by atoms with Crippen LogP contribution in [-0.4, -0.2) is 11.1 Å². The van der Waals surface area contributed by atoms with Crippen molar-refractivity contribution in [1.29, 1.82) is 0 Å². The molecule has 2 heteroatoms. The summed E-state index contributed by atoms with van der Waals surface area (Å²) in [6, 6.07) is 6.04. The molecule has 1 atom stereocenters. The van der Waals surface area contributed by atoms with Crippen LogP contribution in [0.3, 0.4) is 0 Å². The fraction of sp³-hybridized carbons (Fsp3) is 0.308. The lowest BCUT2D eigenvalue weighted by atomic mass is 9.95. The average molecular weight is 202 g/mol. The number of rotatable bonds is 2. The van der Waals surface area contributed by atoms with Crippen molar-refractivity contribution >= 4 is 12.0 Å². The lowest BCUT2D eigenvalue weighted by molar-refractivity contribution is -0.137. The lowest BCUT2D eigenvalue weighted by Crippen LogP contribution is -2.07. The minimum Gasteiger partial charge on any atom is -0.481 e. The Hall–Kier alpha value is -1.57. The minimum atomic E-state index is -0.776. The van der Waals surface area contributed by atoms with Crippen molar-refractivity contribution in [2.75, 3.05) is 0 Å². The molecule has 2 nitrogen and oxygen atoms in total. The van der Waals surface area contributed by atoms with Gasteiger partial charge in [-0.2, -0.15) is 0 Å². The van der Waals surface area contributed by atoms with E-state index in [0.717, 1.165) is 11.1 Å². The van der Waals surface area contributed by atoms with Crippen molar-refractivity contribution in [3.8, 4) is 0 Å². The maximum absolute atomic E-state index is 10.9. The Morgan fingerprint density at radius 3 is 2.73 bits per heavy atom. The summed E-state index contributed by atoms with van der Waals surface area (Å²) in [6.45, 7) is 4.27. The Balaban J connectivity index is 2.42. The fourth-order valence-electron chi connectivity index (χ4n) is 1.90. The van der Waals surface area contributed by atoms with Crippen LogP contribution in [0.25, 0.3) is 6.08 Å². The summed E-state index contributed by atoms with van der Waals surface area (Å²) in [4.78, 5) is 10.9. The molecule has 0 saturated carbocycles. The summed E-state index contributed by atoms with van der Waals surface area (Å²) < 4.78 is 0. The van der Waals surface area contributed by atoms with E-state index in [0.29, 0.717) is 5.92 Å². The van der Waals surface area contributed by atoms with Gasteiger partial charge in [0.05, 0.1) is 0 Å². The van der Waals surface area contributed by atoms with Crippen molar-refractivity contribution in [3.63, 3.8) is 0 Å². The van der Waals surface area contributed by atoms with Crippen LogP contribution in [0, 0.1) is 0 Å². The molecule has 0 aliphatic heterocycles. The van der Waals surface area contributed by atoms with Crippen LogP contribution in [0.5, 0.6) is 0 Å². The highest BCUT2D eigenvalue weighted by Crippen LogP contribution is 2.32. The average Bonchev–Trinajstić information content (AvgIpc) is 2.59. The summed E-state index contributed by atoms with van der Waals surface area (Å²) in [7, 11) is 0. The Morgan fingerprint density at radius 1 is 1.40 bits per heavy atom. The van der Waals surface area contributed by atoms with Crippen LogP contribution < -0.4 is 0 Å². The fourth-order valence-corrected chi connectivity index (χ4v) is 1.90. The number of aliphatic carboxylic acids is 1. The first kappa shape index (κ1) is 9.97. The van der Waals surface area contributed by atoms with Gasteiger partial charge in [0.25, 0.3) is 0 Å². The maximum Gasteiger partial charge on any atom is 0.314 e. The van der Waals surface area contributed by atoms with Gasteiger partial charge >= 0.3 is 5.97 Å². The Bertz CT molecular complexity index is 430. The van der Waals surface area contributed by atoms with Crippen molar-refractivity contribution in [2.24, 2.45) is 0 Å². The minimum absolute atomic E-state index is 0.457. The van der Waals surface area contributed by atoms with E-state index < -0.39 is 11.9 Å². The highest BCUT2D eigenvalue weighted by Gasteiger charge is 2.23. The van der Waals surface area contributed by atoms with Crippen LogP contribution in [0.2, 0.25) is 0 Å². The Kier molecular flexibility index (Phi) is 2.35. The zero-order valence-electron chi connectivity index (χ0n) is 8.90. The zero-order chi connectivity index (χ0) is 11.0. The SMILES string of the molecule is CC(C)c1ccc2c(c1)C=CC2C(=O)O. The van der Waals surface area contributed by atoms with Crippen LogP contribution in [-0.2, 0) is 4.79 Å². The van der Waals surface area contributed by atoms with Gasteiger partial charge < -0.3 is 5.11 Å². The predicted molar refractivity (Wildman–Crippen MR) is 59.9 cm³/mol. The second-order valence-electron chi connectivity index (χ2n) is 4.22. The first-order chi connectivity index (χ1) is 7.09. The first-order valence-corrected chi connectivity index (χ1v) is 5.14. The molecular weight excluding hydrogens is 188 g/mol. The number of carboxylic acid groups (broad SMARTS) is 1. The van der Waals surface area contributed by atoms with Gasteiger partial charge in [-0.15, -0.1) is 0 Å². The molecule has 0 aromatic heterocycles. The molecule has 78 valence electrons. The predicted octanol–water partition coefficient (Wildman–Crippen LogP) is 3.01. The molecule has 2 rings (SSSR count). The van der Waals surface area contributed by atoms with Crippen LogP contribution >= 0.6 is 0 Å². The topological polar surface area (TPSA) is 37.3 Å². The Labute approximate surface area is 89.2 Å². The molecule has 1 aromatic carbocycles. The molecule has 0 amide bonds. The first-order valence-electron chi connectivity index (χ1n) is 5.14. The standard InChI is InChI=1S/C13H14O2/c1-8(2)9-3-5-11-10(7-9)4-6-12(11)13(14)15/h3-8,12H,1-2H3,(H,14,15). The third-order valence-corrected chi connectivity index (χ3v) is 2.85. The van der Waals surface area contributed by atoms with Crippen LogP contribution in [0.4, 0.5) is 0 Å². The van der Waals surface area contributed by atoms with Crippen molar-refractivity contribution in [2.45, 2.75) is 25.7 Å². The molecule has 0 fully saturated rings. The van der Waals surface area contributed by atoms with Crippen molar-refractivity contribution < 1.29 is 9.90 Å². The normalized spacial score (nSPS) is 18.2. The second kappa shape index (κ2) is 3.54. The van der Waals surface area contributed by atoms with E-state index in [9.17, 15) is 4.79 Å². The molecular formula is C13H14O2. The van der Waals surface area contributed by atoms with Crippen LogP contribution in [0.1, 0.15) is 42.4 Å². The summed E-state index contributed by atoms with van der Waals surface area (Å²) >= 11 is 0. The molecule has 0 bridgehead atoms. The van der Waals surface area contributed by atoms with Gasteiger partial charge in [-0.05, 0) is 22.6 Å². The number of fused-ring (bicyclic) bond motifs is 1. The number of carbonyl (C=O) groups is 1. The molecule has 0 spiro atoms. The van der Waals surface area contributed by atoms with E-state index in [1.54, 1.807) is 6.08 Å². The number of hydrogen-bond donors (Lipinski definition) is 1. The molecule has 0 radical (unpaired) electrons. The monoisotopic (exact) mass is 202 g/mol. The highest BCUT2D eigenvalue weighted by molar-refractivity contribution is 5.85. The van der Waals surface area contributed by atoms with E-state index in [2.05, 4.69) is 19.9 Å². The van der Waals surface area contributed by atoms with E-state index in [1.165, 1.54) is 5.56 Å². The van der Waals surface area contributed by atoms with Crippen molar-refractivity contribution in [3.05, 3.63) is 41.0 Å². The van der Waals surface area contributed by atoms with E-state index in [1.807, 2.05) is 18.2 Å². The molecule has 0 heterocycles. The molecule has 1 N–H and O–H groups in total. The Morgan fingerprint density at radius 2 is 2.13 bits per heavy atom. The van der Waals surface area contributed by atoms with Gasteiger partial charge in [0.15, 0.2) is 0 Å². The summed E-state index contributed by atoms with van der Waals surface area (Å²) in [5.41, 5.74) is 3.21. The van der Waals surface area contributed by atoms with E-state index >= 15 is 0 Å². The second-order valence-corrected chi connectivity index (χ2v) is 4.22. The van der Waals surface area contributed by atoms with Gasteiger partial charge in [0.2, 0.25) is 0 Å². The molecule has 1 unspecified atom stereocenters. The van der Waals surface area contributed by atoms with Gasteiger partial charge in [-0.1, -0.05) is 44.2 Å². The maximum atomic E-state index is 10.9. The number of benzene rings is 1. The summed E-state index contributed by atoms with van der Waals surface area (Å²) in [5, 5.41) is 8.99. The van der Waals surface area contributed by atoms with Gasteiger partial charge in [-0.3, -0.25) is 4.79 Å². The van der Waals surface area contributed by atoms with Crippen LogP contribution in [0.15, 0.2) is 24.3 Å². The quantitative estimate of drug-likeness (QED) is 0.800. The number of carboxylic acids is 1. The zero-order valence-corrected chi connectivity index (χ0v) is 8.90. The smallest absolute Gasteiger partial charge is 0.314 e. The van der Waals surface area contributed by atoms with Gasteiger partial charge in [-0.25, -0.2) is 0 Å². The summed E-state index contributed by atoms with van der Waals surface area (Å²) in [5.74, 6) is -0.754. The molecule has 0 saturated heterocycles. The summed E-state index contributed by atoms with van der Waals surface area (Å²) in [6.07, 6.45) is 3.65. The van der Waals surface area contributed by atoms with Crippen molar-refractivity contribution in [1.82, 2.24) is 0 Å². The highest BCUT2D eigenvalue weighted by atomic mass is 16.4. The molecule has 1 aromatic rings. The lowest BCUT2D eigenvalue weighted by Gasteiger charge is -2.10.